The molecule has 0 spiro atoms. The Morgan fingerprint density at radius 3 is 3.00 bits per heavy atom. The Hall–Kier alpha value is -2.43. The third kappa shape index (κ3) is 3.28. The minimum Gasteiger partial charge on any atom is -0.353 e. The molecule has 0 unspecified atom stereocenters. The SMILES string of the molecule is C=CCNC(=O)CCc1nc2ccccc2[nH]c1=O. The van der Waals surface area contributed by atoms with Gasteiger partial charge in [0.2, 0.25) is 5.91 Å². The van der Waals surface area contributed by atoms with E-state index < -0.39 is 0 Å². The molecule has 0 aliphatic carbocycles. The number of hydrogen-bond donors (Lipinski definition) is 2. The minimum absolute atomic E-state index is 0.116. The van der Waals surface area contributed by atoms with E-state index in [2.05, 4.69) is 21.9 Å². The van der Waals surface area contributed by atoms with E-state index in [1.165, 1.54) is 0 Å². The summed E-state index contributed by atoms with van der Waals surface area (Å²) in [7, 11) is 0. The van der Waals surface area contributed by atoms with Crippen molar-refractivity contribution in [3.63, 3.8) is 0 Å². The van der Waals surface area contributed by atoms with Crippen LogP contribution in [0.1, 0.15) is 12.1 Å². The Labute approximate surface area is 110 Å². The Balaban J connectivity index is 2.12. The molecular formula is C14H15N3O2. The Morgan fingerprint density at radius 2 is 2.21 bits per heavy atom. The van der Waals surface area contributed by atoms with Gasteiger partial charge in [0.15, 0.2) is 0 Å². The molecule has 98 valence electrons. The van der Waals surface area contributed by atoms with Gasteiger partial charge >= 0.3 is 0 Å². The van der Waals surface area contributed by atoms with Crippen LogP contribution in [0.4, 0.5) is 0 Å². The van der Waals surface area contributed by atoms with E-state index in [0.29, 0.717) is 24.2 Å². The van der Waals surface area contributed by atoms with Crippen LogP contribution in [0.5, 0.6) is 0 Å². The van der Waals surface area contributed by atoms with E-state index in [-0.39, 0.29) is 17.9 Å². The van der Waals surface area contributed by atoms with Gasteiger partial charge in [0.25, 0.3) is 5.56 Å². The molecule has 5 heteroatoms. The average molecular weight is 257 g/mol. The summed E-state index contributed by atoms with van der Waals surface area (Å²) in [6.07, 6.45) is 2.17. The normalized spacial score (nSPS) is 10.3. The molecule has 0 fully saturated rings. The Kier molecular flexibility index (Phi) is 4.07. The molecule has 1 heterocycles. The number of nitrogens with zero attached hydrogens (tertiary/aromatic N) is 1. The number of aromatic nitrogens is 2. The largest absolute Gasteiger partial charge is 0.353 e. The number of H-pyrrole nitrogens is 1. The lowest BCUT2D eigenvalue weighted by atomic mass is 10.2. The Morgan fingerprint density at radius 1 is 1.42 bits per heavy atom. The molecule has 0 saturated carbocycles. The van der Waals surface area contributed by atoms with Crippen LogP contribution in [-0.2, 0) is 11.2 Å². The van der Waals surface area contributed by atoms with E-state index in [0.717, 1.165) is 5.52 Å². The predicted molar refractivity (Wildman–Crippen MR) is 73.9 cm³/mol. The average Bonchev–Trinajstić information content (AvgIpc) is 2.42. The lowest BCUT2D eigenvalue weighted by Crippen LogP contribution is -2.25. The highest BCUT2D eigenvalue weighted by Crippen LogP contribution is 2.06. The fraction of sp³-hybridized carbons (Fsp3) is 0.214. The first kappa shape index (κ1) is 13.0. The van der Waals surface area contributed by atoms with Crippen LogP contribution in [0.25, 0.3) is 11.0 Å². The van der Waals surface area contributed by atoms with Gasteiger partial charge < -0.3 is 10.3 Å². The van der Waals surface area contributed by atoms with Gasteiger partial charge in [0.05, 0.1) is 11.0 Å². The van der Waals surface area contributed by atoms with Gasteiger partial charge in [-0.3, -0.25) is 9.59 Å². The maximum atomic E-state index is 11.8. The Bertz CT molecular complexity index is 661. The molecule has 0 saturated heterocycles. The maximum Gasteiger partial charge on any atom is 0.270 e. The molecule has 0 aliphatic rings. The van der Waals surface area contributed by atoms with Crippen molar-refractivity contribution in [1.82, 2.24) is 15.3 Å². The summed E-state index contributed by atoms with van der Waals surface area (Å²) in [6, 6.07) is 7.31. The van der Waals surface area contributed by atoms with E-state index >= 15 is 0 Å². The van der Waals surface area contributed by atoms with Crippen LogP contribution >= 0.6 is 0 Å². The summed E-state index contributed by atoms with van der Waals surface area (Å²) >= 11 is 0. The lowest BCUT2D eigenvalue weighted by Gasteiger charge is -2.03. The number of aromatic amines is 1. The van der Waals surface area contributed by atoms with Crippen molar-refractivity contribution >= 4 is 16.9 Å². The molecule has 5 nitrogen and oxygen atoms in total. The molecule has 0 radical (unpaired) electrons. The quantitative estimate of drug-likeness (QED) is 0.789. The highest BCUT2D eigenvalue weighted by atomic mass is 16.1. The monoisotopic (exact) mass is 257 g/mol. The zero-order valence-corrected chi connectivity index (χ0v) is 10.5. The number of carbonyl (C=O) groups is 1. The molecule has 0 aliphatic heterocycles. The van der Waals surface area contributed by atoms with Gasteiger partial charge in [0.1, 0.15) is 5.69 Å². The summed E-state index contributed by atoms with van der Waals surface area (Å²) in [4.78, 5) is 30.3. The fourth-order valence-electron chi connectivity index (χ4n) is 1.74. The second-order valence-electron chi connectivity index (χ2n) is 4.12. The predicted octanol–water partition coefficient (Wildman–Crippen LogP) is 1.16. The molecule has 2 aromatic rings. The van der Waals surface area contributed by atoms with E-state index in [1.807, 2.05) is 18.2 Å². The van der Waals surface area contributed by atoms with Crippen molar-refractivity contribution in [2.45, 2.75) is 12.8 Å². The second-order valence-corrected chi connectivity index (χ2v) is 4.12. The highest BCUT2D eigenvalue weighted by molar-refractivity contribution is 5.76. The summed E-state index contributed by atoms with van der Waals surface area (Å²) in [5, 5.41) is 2.66. The molecule has 19 heavy (non-hydrogen) atoms. The van der Waals surface area contributed by atoms with Gasteiger partial charge in [-0.15, -0.1) is 6.58 Å². The number of nitrogens with one attached hydrogen (secondary N) is 2. The van der Waals surface area contributed by atoms with Gasteiger partial charge in [-0.2, -0.15) is 0 Å². The van der Waals surface area contributed by atoms with Crippen LogP contribution in [-0.4, -0.2) is 22.4 Å². The van der Waals surface area contributed by atoms with Crippen LogP contribution in [0.2, 0.25) is 0 Å². The molecule has 1 amide bonds. The maximum absolute atomic E-state index is 11.8. The molecule has 2 N–H and O–H groups in total. The summed E-state index contributed by atoms with van der Waals surface area (Å²) in [5.41, 5.74) is 1.57. The number of benzene rings is 1. The number of carbonyl (C=O) groups excluding carboxylic acids is 1. The van der Waals surface area contributed by atoms with E-state index in [9.17, 15) is 9.59 Å². The first-order valence-corrected chi connectivity index (χ1v) is 6.06. The first-order valence-electron chi connectivity index (χ1n) is 6.06. The van der Waals surface area contributed by atoms with Crippen molar-refractivity contribution in [1.29, 1.82) is 0 Å². The smallest absolute Gasteiger partial charge is 0.270 e. The molecule has 0 bridgehead atoms. The van der Waals surface area contributed by atoms with Gasteiger partial charge in [-0.1, -0.05) is 18.2 Å². The number of para-hydroxylation sites is 2. The number of hydrogen-bond acceptors (Lipinski definition) is 3. The molecule has 1 aromatic carbocycles. The third-order valence-electron chi connectivity index (χ3n) is 2.70. The third-order valence-corrected chi connectivity index (χ3v) is 2.70. The standard InChI is InChI=1S/C14H15N3O2/c1-2-9-15-13(18)8-7-12-14(19)17-11-6-4-3-5-10(11)16-12/h2-6H,1,7-9H2,(H,15,18)(H,17,19). The topological polar surface area (TPSA) is 74.8 Å². The van der Waals surface area contributed by atoms with Crippen molar-refractivity contribution in [3.8, 4) is 0 Å². The van der Waals surface area contributed by atoms with Crippen molar-refractivity contribution in [2.75, 3.05) is 6.54 Å². The van der Waals surface area contributed by atoms with E-state index in [1.54, 1.807) is 12.1 Å². The summed E-state index contributed by atoms with van der Waals surface area (Å²) in [5.74, 6) is -0.116. The van der Waals surface area contributed by atoms with Gasteiger partial charge in [-0.25, -0.2) is 4.98 Å². The fourth-order valence-corrected chi connectivity index (χ4v) is 1.74. The van der Waals surface area contributed by atoms with Crippen LogP contribution in [0, 0.1) is 0 Å². The number of amides is 1. The summed E-state index contributed by atoms with van der Waals surface area (Å²) < 4.78 is 0. The van der Waals surface area contributed by atoms with Gasteiger partial charge in [-0.05, 0) is 12.1 Å². The molecule has 2 rings (SSSR count). The minimum atomic E-state index is -0.241. The first-order chi connectivity index (χ1) is 9.20. The number of rotatable bonds is 5. The van der Waals surface area contributed by atoms with Crippen LogP contribution in [0.15, 0.2) is 41.7 Å². The molecule has 1 aromatic heterocycles. The van der Waals surface area contributed by atoms with Crippen molar-refractivity contribution in [2.24, 2.45) is 0 Å². The number of aryl methyl sites for hydroxylation is 1. The van der Waals surface area contributed by atoms with E-state index in [4.69, 9.17) is 0 Å². The van der Waals surface area contributed by atoms with Gasteiger partial charge in [0, 0.05) is 19.4 Å². The second kappa shape index (κ2) is 5.95. The molecule has 0 atom stereocenters. The zero-order chi connectivity index (χ0) is 13.7. The zero-order valence-electron chi connectivity index (χ0n) is 10.5. The van der Waals surface area contributed by atoms with Crippen molar-refractivity contribution in [3.05, 3.63) is 53.0 Å². The highest BCUT2D eigenvalue weighted by Gasteiger charge is 2.07. The lowest BCUT2D eigenvalue weighted by molar-refractivity contribution is -0.120. The van der Waals surface area contributed by atoms with Crippen molar-refractivity contribution < 1.29 is 4.79 Å². The summed E-state index contributed by atoms with van der Waals surface area (Å²) in [6.45, 7) is 3.95. The number of fused-ring (bicyclic) bond motifs is 1. The van der Waals surface area contributed by atoms with Crippen LogP contribution < -0.4 is 10.9 Å². The van der Waals surface area contributed by atoms with Crippen LogP contribution in [0.3, 0.4) is 0 Å². The molecular weight excluding hydrogens is 242 g/mol.